The zero-order valence-corrected chi connectivity index (χ0v) is 16.6. The monoisotopic (exact) mass is 385 g/mol. The molecule has 0 radical (unpaired) electrons. The number of nitrogens with one attached hydrogen (secondary N) is 1. The second-order valence-electron chi connectivity index (χ2n) is 6.40. The lowest BCUT2D eigenvalue weighted by molar-refractivity contribution is -0.121. The topological polar surface area (TPSA) is 77.1 Å². The van der Waals surface area contributed by atoms with Gasteiger partial charge in [0.2, 0.25) is 11.6 Å². The van der Waals surface area contributed by atoms with Gasteiger partial charge in [-0.2, -0.15) is 0 Å². The van der Waals surface area contributed by atoms with Crippen LogP contribution in [-0.4, -0.2) is 28.3 Å². The standard InChI is InChI=1S/C20H23N3O3S/c1-13-14(2)26-19-18(13)20(25)23(12-22-19)11-9-17(24)21-10-8-15-4-6-16(27-3)7-5-15/h4-7,12H,8-11H2,1-3H3,(H,21,24). The number of hydrogen-bond acceptors (Lipinski definition) is 5. The van der Waals surface area contributed by atoms with Crippen molar-refractivity contribution in [1.29, 1.82) is 0 Å². The first-order valence-electron chi connectivity index (χ1n) is 8.84. The molecule has 0 bridgehead atoms. The molecular formula is C20H23N3O3S. The summed E-state index contributed by atoms with van der Waals surface area (Å²) in [5, 5.41) is 3.39. The van der Waals surface area contributed by atoms with Crippen LogP contribution >= 0.6 is 11.8 Å². The molecule has 7 heteroatoms. The van der Waals surface area contributed by atoms with Crippen molar-refractivity contribution in [3.05, 3.63) is 57.8 Å². The zero-order valence-electron chi connectivity index (χ0n) is 15.7. The molecule has 142 valence electrons. The largest absolute Gasteiger partial charge is 0.443 e. The number of aromatic nitrogens is 2. The van der Waals surface area contributed by atoms with Gasteiger partial charge in [-0.3, -0.25) is 14.2 Å². The number of furan rings is 1. The fourth-order valence-electron chi connectivity index (χ4n) is 2.88. The molecule has 0 aliphatic carbocycles. The molecule has 1 N–H and O–H groups in total. The van der Waals surface area contributed by atoms with Gasteiger partial charge in [-0.1, -0.05) is 12.1 Å². The summed E-state index contributed by atoms with van der Waals surface area (Å²) < 4.78 is 6.93. The number of benzene rings is 1. The summed E-state index contributed by atoms with van der Waals surface area (Å²) in [6.07, 6.45) is 4.49. The van der Waals surface area contributed by atoms with E-state index < -0.39 is 0 Å². The minimum Gasteiger partial charge on any atom is -0.443 e. The summed E-state index contributed by atoms with van der Waals surface area (Å²) in [4.78, 5) is 30.0. The third-order valence-corrected chi connectivity index (χ3v) is 5.37. The van der Waals surface area contributed by atoms with E-state index in [-0.39, 0.29) is 17.9 Å². The molecule has 0 atom stereocenters. The number of thioether (sulfide) groups is 1. The zero-order chi connectivity index (χ0) is 19.4. The van der Waals surface area contributed by atoms with E-state index in [1.807, 2.05) is 20.1 Å². The summed E-state index contributed by atoms with van der Waals surface area (Å²) in [5.41, 5.74) is 2.16. The molecular weight excluding hydrogens is 362 g/mol. The average Bonchev–Trinajstić information content (AvgIpc) is 2.96. The van der Waals surface area contributed by atoms with Gasteiger partial charge in [0, 0.05) is 30.0 Å². The molecule has 0 unspecified atom stereocenters. The number of rotatable bonds is 7. The van der Waals surface area contributed by atoms with Gasteiger partial charge in [-0.05, 0) is 44.2 Å². The maximum absolute atomic E-state index is 12.6. The third-order valence-electron chi connectivity index (χ3n) is 4.63. The fourth-order valence-corrected chi connectivity index (χ4v) is 3.29. The number of carbonyl (C=O) groups is 1. The molecule has 27 heavy (non-hydrogen) atoms. The van der Waals surface area contributed by atoms with Crippen molar-refractivity contribution in [2.24, 2.45) is 0 Å². The number of aryl methyl sites for hydroxylation is 3. The van der Waals surface area contributed by atoms with Crippen LogP contribution in [0.1, 0.15) is 23.3 Å². The minimum absolute atomic E-state index is 0.0807. The van der Waals surface area contributed by atoms with Crippen molar-refractivity contribution in [3.8, 4) is 0 Å². The number of hydrogen-bond donors (Lipinski definition) is 1. The highest BCUT2D eigenvalue weighted by atomic mass is 32.2. The molecule has 0 aliphatic heterocycles. The molecule has 1 aromatic carbocycles. The Morgan fingerprint density at radius 1 is 1.26 bits per heavy atom. The number of carbonyl (C=O) groups excluding carboxylic acids is 1. The number of nitrogens with zero attached hydrogens (tertiary/aromatic N) is 2. The van der Waals surface area contributed by atoms with Crippen LogP contribution in [0.25, 0.3) is 11.1 Å². The van der Waals surface area contributed by atoms with Gasteiger partial charge in [-0.15, -0.1) is 11.8 Å². The predicted molar refractivity (Wildman–Crippen MR) is 107 cm³/mol. The van der Waals surface area contributed by atoms with Crippen molar-refractivity contribution in [2.75, 3.05) is 12.8 Å². The molecule has 0 saturated heterocycles. The van der Waals surface area contributed by atoms with Crippen molar-refractivity contribution in [3.63, 3.8) is 0 Å². The Labute approximate surface area is 162 Å². The highest BCUT2D eigenvalue weighted by Gasteiger charge is 2.14. The third kappa shape index (κ3) is 4.42. The summed E-state index contributed by atoms with van der Waals surface area (Å²) >= 11 is 1.71. The Hall–Kier alpha value is -2.54. The molecule has 6 nitrogen and oxygen atoms in total. The molecule has 0 fully saturated rings. The van der Waals surface area contributed by atoms with E-state index in [2.05, 4.69) is 34.6 Å². The summed E-state index contributed by atoms with van der Waals surface area (Å²) in [5.74, 6) is 0.610. The van der Waals surface area contributed by atoms with Crippen molar-refractivity contribution in [1.82, 2.24) is 14.9 Å². The molecule has 3 aromatic rings. The molecule has 2 heterocycles. The van der Waals surface area contributed by atoms with Crippen LogP contribution in [0, 0.1) is 13.8 Å². The Balaban J connectivity index is 1.53. The van der Waals surface area contributed by atoms with Crippen LogP contribution in [0.2, 0.25) is 0 Å². The van der Waals surface area contributed by atoms with Crippen molar-refractivity contribution in [2.45, 2.75) is 38.1 Å². The molecule has 0 saturated carbocycles. The first-order valence-corrected chi connectivity index (χ1v) is 10.1. The molecule has 0 spiro atoms. The molecule has 0 aliphatic rings. The van der Waals surface area contributed by atoms with E-state index in [0.29, 0.717) is 29.9 Å². The first-order chi connectivity index (χ1) is 13.0. The van der Waals surface area contributed by atoms with Crippen molar-refractivity contribution < 1.29 is 9.21 Å². The van der Waals surface area contributed by atoms with Gasteiger partial charge in [-0.25, -0.2) is 4.98 Å². The van der Waals surface area contributed by atoms with Gasteiger partial charge in [0.15, 0.2) is 0 Å². The van der Waals surface area contributed by atoms with Gasteiger partial charge in [0.25, 0.3) is 5.56 Å². The lowest BCUT2D eigenvalue weighted by Gasteiger charge is -2.07. The van der Waals surface area contributed by atoms with Crippen LogP contribution < -0.4 is 10.9 Å². The first kappa shape index (κ1) is 19.2. The van der Waals surface area contributed by atoms with E-state index in [9.17, 15) is 9.59 Å². The van der Waals surface area contributed by atoms with E-state index in [1.165, 1.54) is 21.4 Å². The maximum atomic E-state index is 12.6. The highest BCUT2D eigenvalue weighted by Crippen LogP contribution is 2.19. The van der Waals surface area contributed by atoms with Gasteiger partial charge < -0.3 is 9.73 Å². The van der Waals surface area contributed by atoms with Gasteiger partial charge >= 0.3 is 0 Å². The molecule has 3 rings (SSSR count). The number of fused-ring (bicyclic) bond motifs is 1. The molecule has 2 aromatic heterocycles. The highest BCUT2D eigenvalue weighted by molar-refractivity contribution is 7.98. The lowest BCUT2D eigenvalue weighted by atomic mass is 10.1. The van der Waals surface area contributed by atoms with E-state index in [1.54, 1.807) is 11.8 Å². The second-order valence-corrected chi connectivity index (χ2v) is 7.28. The van der Waals surface area contributed by atoms with Crippen LogP contribution in [0.4, 0.5) is 0 Å². The van der Waals surface area contributed by atoms with Crippen LogP contribution in [-0.2, 0) is 17.8 Å². The molecule has 1 amide bonds. The lowest BCUT2D eigenvalue weighted by Crippen LogP contribution is -2.29. The fraction of sp³-hybridized carbons (Fsp3) is 0.350. The van der Waals surface area contributed by atoms with E-state index in [4.69, 9.17) is 4.42 Å². The van der Waals surface area contributed by atoms with Gasteiger partial charge in [0.1, 0.15) is 17.5 Å². The second kappa shape index (κ2) is 8.43. The smallest absolute Gasteiger partial charge is 0.264 e. The summed E-state index contributed by atoms with van der Waals surface area (Å²) in [6.45, 7) is 4.51. The van der Waals surface area contributed by atoms with E-state index >= 15 is 0 Å². The average molecular weight is 385 g/mol. The van der Waals surface area contributed by atoms with Gasteiger partial charge in [0.05, 0.1) is 0 Å². The quantitative estimate of drug-likeness (QED) is 0.633. The minimum atomic E-state index is -0.170. The van der Waals surface area contributed by atoms with Crippen molar-refractivity contribution >= 4 is 28.8 Å². The maximum Gasteiger partial charge on any atom is 0.264 e. The van der Waals surface area contributed by atoms with Crippen LogP contribution in [0.5, 0.6) is 0 Å². The predicted octanol–water partition coefficient (Wildman–Crippen LogP) is 3.08. The number of amides is 1. The normalized spacial score (nSPS) is 11.1. The van der Waals surface area contributed by atoms with Crippen LogP contribution in [0.3, 0.4) is 0 Å². The SMILES string of the molecule is CSc1ccc(CCNC(=O)CCn2cnc3oc(C)c(C)c3c2=O)cc1. The van der Waals surface area contributed by atoms with Crippen LogP contribution in [0.15, 0.2) is 44.7 Å². The van der Waals surface area contributed by atoms with E-state index in [0.717, 1.165) is 12.0 Å². The Kier molecular flexibility index (Phi) is 6.01. The summed E-state index contributed by atoms with van der Waals surface area (Å²) in [7, 11) is 0. The Bertz CT molecular complexity index is 1010. The Morgan fingerprint density at radius 2 is 2.00 bits per heavy atom. The Morgan fingerprint density at radius 3 is 2.70 bits per heavy atom. The summed E-state index contributed by atoms with van der Waals surface area (Å²) in [6, 6.07) is 8.31.